The number of hydrogen-bond donors (Lipinski definition) is 0. The van der Waals surface area contributed by atoms with E-state index in [4.69, 9.17) is 0 Å². The number of allylic oxidation sites excluding steroid dienone is 1. The van der Waals surface area contributed by atoms with Crippen LogP contribution in [0.5, 0.6) is 0 Å². The summed E-state index contributed by atoms with van der Waals surface area (Å²) in [7, 11) is 0. The first kappa shape index (κ1) is 17.3. The van der Waals surface area contributed by atoms with E-state index >= 15 is 0 Å². The molecule has 0 aromatic heterocycles. The number of rotatable bonds is 2. The maximum atomic E-state index is 3.64. The van der Waals surface area contributed by atoms with Crippen LogP contribution in [0, 0.1) is 13.8 Å². The topological polar surface area (TPSA) is 0 Å². The SMILES string of the molecule is C=CC=Bc1cc(C)ccc1C.CC.CC. The van der Waals surface area contributed by atoms with Gasteiger partial charge in [-0.3, -0.25) is 0 Å². The van der Waals surface area contributed by atoms with Crippen molar-refractivity contribution in [1.29, 1.82) is 0 Å². The Hall–Kier alpha value is -1.11. The van der Waals surface area contributed by atoms with Gasteiger partial charge in [0.2, 0.25) is 0 Å². The summed E-state index contributed by atoms with van der Waals surface area (Å²) in [6.07, 6.45) is 1.79. The third-order valence-corrected chi connectivity index (χ3v) is 1.85. The number of hydrogen-bond acceptors (Lipinski definition) is 0. The first-order valence-corrected chi connectivity index (χ1v) is 6.10. The van der Waals surface area contributed by atoms with Gasteiger partial charge in [0.05, 0.1) is 0 Å². The van der Waals surface area contributed by atoms with Gasteiger partial charge >= 0.3 is 74.2 Å². The second kappa shape index (κ2) is 12.0. The first-order chi connectivity index (χ1) is 7.74. The molecule has 0 amide bonds. The summed E-state index contributed by atoms with van der Waals surface area (Å²) in [6.45, 7) is 17.9. The molecule has 0 saturated heterocycles. The fraction of sp³-hybridized carbons (Fsp3) is 0.400. The standard InChI is InChI=1S/C11H13B.2C2H6/c1-4-7-12-11-8-9(2)5-6-10(11)3;2*1-2/h4-8H,1H2,2-3H3;2*1-2H3. The molecule has 0 heterocycles. The van der Waals surface area contributed by atoms with E-state index in [-0.39, 0.29) is 0 Å². The summed E-state index contributed by atoms with van der Waals surface area (Å²) in [6, 6.07) is 6.44. The predicted molar refractivity (Wildman–Crippen MR) is 80.3 cm³/mol. The van der Waals surface area contributed by atoms with Gasteiger partial charge in [0.25, 0.3) is 0 Å². The Labute approximate surface area is 102 Å². The molecule has 16 heavy (non-hydrogen) atoms. The Morgan fingerprint density at radius 3 is 2.12 bits per heavy atom. The van der Waals surface area contributed by atoms with Gasteiger partial charge in [0.1, 0.15) is 0 Å². The van der Waals surface area contributed by atoms with Crippen molar-refractivity contribution in [3.8, 4) is 0 Å². The Morgan fingerprint density at radius 1 is 1.06 bits per heavy atom. The summed E-state index contributed by atoms with van der Waals surface area (Å²) >= 11 is 0. The fourth-order valence-electron chi connectivity index (χ4n) is 1.11. The largest absolute Gasteiger partial charge is 0.0683 e. The summed E-state index contributed by atoms with van der Waals surface area (Å²) in [5.74, 6) is 1.96. The van der Waals surface area contributed by atoms with Crippen LogP contribution in [0.3, 0.4) is 0 Å². The third kappa shape index (κ3) is 7.22. The van der Waals surface area contributed by atoms with Crippen LogP contribution in [0.2, 0.25) is 0 Å². The fourth-order valence-corrected chi connectivity index (χ4v) is 1.11. The minimum atomic E-state index is 1.27. The van der Waals surface area contributed by atoms with Crippen LogP contribution in [0.15, 0.2) is 30.9 Å². The van der Waals surface area contributed by atoms with Crippen molar-refractivity contribution in [2.24, 2.45) is 0 Å². The van der Waals surface area contributed by atoms with Crippen LogP contribution >= 0.6 is 0 Å². The van der Waals surface area contributed by atoms with E-state index in [2.05, 4.69) is 45.5 Å². The van der Waals surface area contributed by atoms with Crippen molar-refractivity contribution in [3.63, 3.8) is 0 Å². The molecule has 0 aliphatic rings. The molecule has 0 nitrogen and oxygen atoms in total. The summed E-state index contributed by atoms with van der Waals surface area (Å²) in [4.78, 5) is 0. The van der Waals surface area contributed by atoms with Gasteiger partial charge in [-0.1, -0.05) is 27.7 Å². The molecule has 0 spiro atoms. The maximum absolute atomic E-state index is 3.64. The molecular formula is C15H25B. The number of benzene rings is 1. The Morgan fingerprint density at radius 2 is 1.62 bits per heavy atom. The van der Waals surface area contributed by atoms with Crippen LogP contribution in [-0.4, -0.2) is 12.9 Å². The van der Waals surface area contributed by atoms with Gasteiger partial charge in [-0.25, -0.2) is 0 Å². The minimum Gasteiger partial charge on any atom is -0.0683 e. The van der Waals surface area contributed by atoms with E-state index in [1.165, 1.54) is 16.6 Å². The van der Waals surface area contributed by atoms with Gasteiger partial charge in [-0.2, -0.15) is 0 Å². The average molecular weight is 216 g/mol. The second-order valence-corrected chi connectivity index (χ2v) is 2.95. The van der Waals surface area contributed by atoms with Crippen molar-refractivity contribution >= 4 is 18.4 Å². The molecule has 0 atom stereocenters. The van der Waals surface area contributed by atoms with Crippen molar-refractivity contribution in [1.82, 2.24) is 0 Å². The zero-order valence-corrected chi connectivity index (χ0v) is 11.7. The molecule has 1 rings (SSSR count). The summed E-state index contributed by atoms with van der Waals surface area (Å²) in [5.41, 5.74) is 3.87. The molecule has 0 aliphatic heterocycles. The second-order valence-electron chi connectivity index (χ2n) is 2.95. The molecule has 0 N–H and O–H groups in total. The zero-order chi connectivity index (χ0) is 13.0. The van der Waals surface area contributed by atoms with Gasteiger partial charge in [0.15, 0.2) is 0 Å². The molecule has 1 aromatic rings. The summed E-state index contributed by atoms with van der Waals surface area (Å²) < 4.78 is 0. The molecule has 0 fully saturated rings. The van der Waals surface area contributed by atoms with Gasteiger partial charge in [0, 0.05) is 0 Å². The summed E-state index contributed by atoms with van der Waals surface area (Å²) in [5, 5.41) is 0. The minimum absolute atomic E-state index is 1.27. The van der Waals surface area contributed by atoms with Crippen molar-refractivity contribution < 1.29 is 0 Å². The molecular weight excluding hydrogens is 191 g/mol. The molecule has 0 unspecified atom stereocenters. The molecule has 88 valence electrons. The van der Waals surface area contributed by atoms with Gasteiger partial charge in [-0.15, -0.1) is 0 Å². The van der Waals surface area contributed by atoms with Crippen molar-refractivity contribution in [3.05, 3.63) is 42.0 Å². The van der Waals surface area contributed by atoms with Gasteiger partial charge in [-0.05, 0) is 0 Å². The van der Waals surface area contributed by atoms with E-state index in [0.717, 1.165) is 0 Å². The molecule has 0 aliphatic carbocycles. The quantitative estimate of drug-likeness (QED) is 0.661. The monoisotopic (exact) mass is 216 g/mol. The van der Waals surface area contributed by atoms with E-state index < -0.39 is 0 Å². The van der Waals surface area contributed by atoms with Crippen molar-refractivity contribution in [2.45, 2.75) is 41.5 Å². The third-order valence-electron chi connectivity index (χ3n) is 1.85. The molecule has 0 saturated carbocycles. The molecule has 0 radical (unpaired) electrons. The molecule has 1 aromatic carbocycles. The number of aryl methyl sites for hydroxylation is 2. The van der Waals surface area contributed by atoms with E-state index in [1.807, 2.05) is 33.7 Å². The predicted octanol–water partition coefficient (Wildman–Crippen LogP) is 3.67. The Kier molecular flexibility index (Phi) is 12.9. The smallest absolute Gasteiger partial charge is 0.0683 e. The van der Waals surface area contributed by atoms with E-state index in [9.17, 15) is 0 Å². The maximum Gasteiger partial charge on any atom is -0.0683 e. The molecule has 0 bridgehead atoms. The average Bonchev–Trinajstić information content (AvgIpc) is 2.35. The molecule has 1 heteroatoms. The Balaban J connectivity index is 0. The zero-order valence-electron chi connectivity index (χ0n) is 11.7. The van der Waals surface area contributed by atoms with Crippen molar-refractivity contribution in [2.75, 3.05) is 0 Å². The van der Waals surface area contributed by atoms with Crippen LogP contribution < -0.4 is 5.46 Å². The van der Waals surface area contributed by atoms with Crippen LogP contribution in [0.25, 0.3) is 0 Å². The van der Waals surface area contributed by atoms with Crippen LogP contribution in [0.1, 0.15) is 38.8 Å². The normalized spacial score (nSPS) is 8.12. The Bertz CT molecular complexity index is 311. The van der Waals surface area contributed by atoms with Crippen LogP contribution in [-0.2, 0) is 0 Å². The van der Waals surface area contributed by atoms with E-state index in [0.29, 0.717) is 0 Å². The van der Waals surface area contributed by atoms with Gasteiger partial charge < -0.3 is 0 Å². The van der Waals surface area contributed by atoms with E-state index in [1.54, 1.807) is 6.08 Å². The first-order valence-electron chi connectivity index (χ1n) is 6.10. The van der Waals surface area contributed by atoms with Crippen LogP contribution in [0.4, 0.5) is 0 Å².